The summed E-state index contributed by atoms with van der Waals surface area (Å²) >= 11 is 6.28. The molecule has 0 amide bonds. The first kappa shape index (κ1) is 14.2. The van der Waals surface area contributed by atoms with Gasteiger partial charge in [-0.05, 0) is 35.2 Å². The first-order chi connectivity index (χ1) is 10.2. The molecule has 0 heterocycles. The van der Waals surface area contributed by atoms with E-state index in [-0.39, 0.29) is 0 Å². The van der Waals surface area contributed by atoms with Crippen LogP contribution in [0.15, 0.2) is 36.4 Å². The van der Waals surface area contributed by atoms with Crippen LogP contribution in [0.5, 0.6) is 11.5 Å². The van der Waals surface area contributed by atoms with Gasteiger partial charge in [-0.25, -0.2) is 0 Å². The summed E-state index contributed by atoms with van der Waals surface area (Å²) in [7, 11) is 1.61. The Kier molecular flexibility index (Phi) is 4.04. The van der Waals surface area contributed by atoms with Gasteiger partial charge in [0.15, 0.2) is 11.5 Å². The number of methoxy groups -OCH3 is 1. The van der Waals surface area contributed by atoms with E-state index >= 15 is 0 Å². The summed E-state index contributed by atoms with van der Waals surface area (Å²) in [6.07, 6.45) is 1.05. The predicted octanol–water partition coefficient (Wildman–Crippen LogP) is 3.53. The van der Waals surface area contributed by atoms with Crippen molar-refractivity contribution in [2.24, 2.45) is 5.73 Å². The first-order valence-electron chi connectivity index (χ1n) is 7.00. The zero-order chi connectivity index (χ0) is 14.8. The first-order valence-corrected chi connectivity index (χ1v) is 7.37. The maximum Gasteiger partial charge on any atom is 0.179 e. The molecule has 1 aliphatic carbocycles. The standard InChI is InChI=1S/C17H18ClNO2/c1-20-16-7-11(9-19)6-15(18)17(16)21-10-13-8-12-4-2-3-5-14(12)13/h2-7,13H,8-10,19H2,1H3. The van der Waals surface area contributed by atoms with Crippen LogP contribution in [0.4, 0.5) is 0 Å². The van der Waals surface area contributed by atoms with Gasteiger partial charge in [0, 0.05) is 12.5 Å². The highest BCUT2D eigenvalue weighted by atomic mass is 35.5. The molecule has 0 aromatic heterocycles. The van der Waals surface area contributed by atoms with Crippen molar-refractivity contribution in [3.8, 4) is 11.5 Å². The molecule has 0 bridgehead atoms. The monoisotopic (exact) mass is 303 g/mol. The second-order valence-corrected chi connectivity index (χ2v) is 5.63. The van der Waals surface area contributed by atoms with Crippen LogP contribution in [0.1, 0.15) is 22.6 Å². The molecule has 2 aromatic carbocycles. The fourth-order valence-electron chi connectivity index (χ4n) is 2.73. The van der Waals surface area contributed by atoms with Crippen LogP contribution in [0.3, 0.4) is 0 Å². The topological polar surface area (TPSA) is 44.5 Å². The summed E-state index contributed by atoms with van der Waals surface area (Å²) in [5, 5.41) is 0.544. The maximum atomic E-state index is 6.28. The SMILES string of the molecule is COc1cc(CN)cc(Cl)c1OCC1Cc2ccccc21. The zero-order valence-corrected chi connectivity index (χ0v) is 12.7. The highest BCUT2D eigenvalue weighted by molar-refractivity contribution is 6.32. The van der Waals surface area contributed by atoms with Gasteiger partial charge in [0.25, 0.3) is 0 Å². The Morgan fingerprint density at radius 1 is 1.29 bits per heavy atom. The predicted molar refractivity (Wildman–Crippen MR) is 84.3 cm³/mol. The van der Waals surface area contributed by atoms with E-state index < -0.39 is 0 Å². The molecular weight excluding hydrogens is 286 g/mol. The Morgan fingerprint density at radius 3 is 2.81 bits per heavy atom. The lowest BCUT2D eigenvalue weighted by atomic mass is 9.78. The van der Waals surface area contributed by atoms with Crippen LogP contribution in [0, 0.1) is 0 Å². The van der Waals surface area contributed by atoms with Gasteiger partial charge in [-0.15, -0.1) is 0 Å². The normalized spacial score (nSPS) is 16.0. The minimum Gasteiger partial charge on any atom is -0.493 e. The lowest BCUT2D eigenvalue weighted by molar-refractivity contribution is 0.261. The average Bonchev–Trinajstić information content (AvgIpc) is 2.48. The highest BCUT2D eigenvalue weighted by Gasteiger charge is 2.26. The lowest BCUT2D eigenvalue weighted by Gasteiger charge is -2.30. The van der Waals surface area contributed by atoms with E-state index in [2.05, 4.69) is 24.3 Å². The highest BCUT2D eigenvalue weighted by Crippen LogP contribution is 2.39. The molecule has 0 saturated carbocycles. The van der Waals surface area contributed by atoms with Crippen molar-refractivity contribution in [2.45, 2.75) is 18.9 Å². The molecule has 0 spiro atoms. The molecule has 3 nitrogen and oxygen atoms in total. The van der Waals surface area contributed by atoms with Gasteiger partial charge >= 0.3 is 0 Å². The third-order valence-corrected chi connectivity index (χ3v) is 4.20. The van der Waals surface area contributed by atoms with Gasteiger partial charge in [0.05, 0.1) is 18.7 Å². The van der Waals surface area contributed by atoms with E-state index in [9.17, 15) is 0 Å². The minimum atomic E-state index is 0.423. The molecule has 1 aliphatic rings. The third-order valence-electron chi connectivity index (χ3n) is 3.92. The van der Waals surface area contributed by atoms with Crippen LogP contribution < -0.4 is 15.2 Å². The fourth-order valence-corrected chi connectivity index (χ4v) is 3.01. The Labute approximate surface area is 129 Å². The lowest BCUT2D eigenvalue weighted by Crippen LogP contribution is -2.23. The molecule has 21 heavy (non-hydrogen) atoms. The van der Waals surface area contributed by atoms with E-state index in [4.69, 9.17) is 26.8 Å². The second-order valence-electron chi connectivity index (χ2n) is 5.22. The van der Waals surface area contributed by atoms with E-state index in [1.807, 2.05) is 12.1 Å². The van der Waals surface area contributed by atoms with Crippen molar-refractivity contribution in [3.63, 3.8) is 0 Å². The van der Waals surface area contributed by atoms with Gasteiger partial charge in [0.2, 0.25) is 0 Å². The summed E-state index contributed by atoms with van der Waals surface area (Å²) in [6, 6.07) is 12.2. The van der Waals surface area contributed by atoms with Crippen molar-refractivity contribution in [2.75, 3.05) is 13.7 Å². The molecule has 3 rings (SSSR count). The van der Waals surface area contributed by atoms with Gasteiger partial charge in [-0.3, -0.25) is 0 Å². The number of hydrogen-bond donors (Lipinski definition) is 1. The molecule has 2 N–H and O–H groups in total. The van der Waals surface area contributed by atoms with Gasteiger partial charge in [0.1, 0.15) is 0 Å². The van der Waals surface area contributed by atoms with Gasteiger partial charge < -0.3 is 15.2 Å². The van der Waals surface area contributed by atoms with Crippen molar-refractivity contribution in [1.82, 2.24) is 0 Å². The van der Waals surface area contributed by atoms with Crippen molar-refractivity contribution < 1.29 is 9.47 Å². The average molecular weight is 304 g/mol. The van der Waals surface area contributed by atoms with E-state index in [1.54, 1.807) is 7.11 Å². The quantitative estimate of drug-likeness (QED) is 0.919. The molecule has 1 unspecified atom stereocenters. The Morgan fingerprint density at radius 2 is 2.10 bits per heavy atom. The van der Waals surface area contributed by atoms with Crippen LogP contribution in [-0.2, 0) is 13.0 Å². The van der Waals surface area contributed by atoms with E-state index in [0.717, 1.165) is 12.0 Å². The molecule has 1 atom stereocenters. The van der Waals surface area contributed by atoms with Gasteiger partial charge in [-0.2, -0.15) is 0 Å². The summed E-state index contributed by atoms with van der Waals surface area (Å²) in [5.41, 5.74) is 9.34. The molecule has 4 heteroatoms. The van der Waals surface area contributed by atoms with Crippen LogP contribution in [0.2, 0.25) is 5.02 Å². The summed E-state index contributed by atoms with van der Waals surface area (Å²) < 4.78 is 11.3. The van der Waals surface area contributed by atoms with Crippen LogP contribution in [0.25, 0.3) is 0 Å². The number of halogens is 1. The number of fused-ring (bicyclic) bond motifs is 1. The van der Waals surface area contributed by atoms with Gasteiger partial charge in [-0.1, -0.05) is 35.9 Å². The van der Waals surface area contributed by atoms with Crippen LogP contribution >= 0.6 is 11.6 Å². The number of ether oxygens (including phenoxy) is 2. The minimum absolute atomic E-state index is 0.423. The molecule has 2 aromatic rings. The summed E-state index contributed by atoms with van der Waals surface area (Å²) in [4.78, 5) is 0. The third kappa shape index (κ3) is 2.71. The summed E-state index contributed by atoms with van der Waals surface area (Å²) in [6.45, 7) is 1.03. The number of nitrogens with two attached hydrogens (primary N) is 1. The summed E-state index contributed by atoms with van der Waals surface area (Å²) in [5.74, 6) is 1.66. The number of rotatable bonds is 5. The molecule has 0 saturated heterocycles. The largest absolute Gasteiger partial charge is 0.493 e. The van der Waals surface area contributed by atoms with Crippen molar-refractivity contribution >= 4 is 11.6 Å². The maximum absolute atomic E-state index is 6.28. The zero-order valence-electron chi connectivity index (χ0n) is 11.9. The molecule has 0 radical (unpaired) electrons. The van der Waals surface area contributed by atoms with E-state index in [0.29, 0.717) is 35.6 Å². The number of benzene rings is 2. The van der Waals surface area contributed by atoms with Crippen molar-refractivity contribution in [3.05, 3.63) is 58.1 Å². The molecule has 110 valence electrons. The molecular formula is C17H18ClNO2. The smallest absolute Gasteiger partial charge is 0.179 e. The van der Waals surface area contributed by atoms with E-state index in [1.165, 1.54) is 11.1 Å². The molecule has 0 aliphatic heterocycles. The number of hydrogen-bond acceptors (Lipinski definition) is 3. The second kappa shape index (κ2) is 5.96. The molecule has 0 fully saturated rings. The van der Waals surface area contributed by atoms with Crippen molar-refractivity contribution in [1.29, 1.82) is 0 Å². The van der Waals surface area contributed by atoms with Crippen LogP contribution in [-0.4, -0.2) is 13.7 Å². The Balaban J connectivity index is 1.74. The Bertz CT molecular complexity index is 657. The fraction of sp³-hybridized carbons (Fsp3) is 0.294. The Hall–Kier alpha value is -1.71.